The molecule has 2 atom stereocenters. The number of alkyl carbamates (subject to hydrolysis) is 1. The quantitative estimate of drug-likeness (QED) is 0.137. The Morgan fingerprint density at radius 2 is 1.60 bits per heavy atom. The number of hydrogen-bond acceptors (Lipinski definition) is 5. The number of anilines is 1. The average Bonchev–Trinajstić information content (AvgIpc) is 2.95. The molecule has 7 nitrogen and oxygen atoms in total. The first kappa shape index (κ1) is 34.0. The van der Waals surface area contributed by atoms with Crippen molar-refractivity contribution in [3.8, 4) is 0 Å². The van der Waals surface area contributed by atoms with E-state index in [1.54, 1.807) is 25.7 Å². The van der Waals surface area contributed by atoms with E-state index < -0.39 is 23.8 Å². The van der Waals surface area contributed by atoms with Gasteiger partial charge in [-0.1, -0.05) is 86.7 Å². The summed E-state index contributed by atoms with van der Waals surface area (Å²) in [6, 6.07) is 17.8. The molecule has 3 aromatic carbocycles. The van der Waals surface area contributed by atoms with Crippen LogP contribution in [0.3, 0.4) is 0 Å². The van der Waals surface area contributed by atoms with Crippen LogP contribution in [0.15, 0.2) is 60.7 Å². The maximum Gasteiger partial charge on any atom is 0.408 e. The molecule has 3 rings (SSSR count). The summed E-state index contributed by atoms with van der Waals surface area (Å²) in [7, 11) is 0. The van der Waals surface area contributed by atoms with Crippen molar-refractivity contribution >= 4 is 47.0 Å². The van der Waals surface area contributed by atoms with Crippen molar-refractivity contribution in [1.82, 2.24) is 10.2 Å². The lowest BCUT2D eigenvalue weighted by atomic mass is 9.95. The van der Waals surface area contributed by atoms with Gasteiger partial charge in [-0.25, -0.2) is 4.79 Å². The lowest BCUT2D eigenvalue weighted by Gasteiger charge is -2.35. The highest BCUT2D eigenvalue weighted by Crippen LogP contribution is 2.29. The second-order valence-corrected chi connectivity index (χ2v) is 12.5. The molecule has 0 fully saturated rings. The van der Waals surface area contributed by atoms with Crippen LogP contribution in [0.1, 0.15) is 82.5 Å². The van der Waals surface area contributed by atoms with Crippen molar-refractivity contribution in [2.24, 2.45) is 0 Å². The molecule has 0 aliphatic carbocycles. The predicted molar refractivity (Wildman–Crippen MR) is 179 cm³/mol. The van der Waals surface area contributed by atoms with Crippen LogP contribution in [0.4, 0.5) is 10.5 Å². The topological polar surface area (TPSA) is 87.7 Å². The molecule has 2 N–H and O–H groups in total. The zero-order chi connectivity index (χ0) is 31.6. The minimum Gasteiger partial charge on any atom is -0.444 e. The SMILES string of the molecule is CCCCCCCN(C(=O)C(CS)NC(=O)OC(C)(C)C)C(C(=O)Nc1ccc2ccccc2c1)c1cc(C)ccc1C. The molecule has 0 saturated carbocycles. The van der Waals surface area contributed by atoms with Crippen LogP contribution < -0.4 is 10.6 Å². The number of benzene rings is 3. The van der Waals surface area contributed by atoms with Gasteiger partial charge in [-0.15, -0.1) is 0 Å². The van der Waals surface area contributed by atoms with Crippen molar-refractivity contribution in [3.63, 3.8) is 0 Å². The summed E-state index contributed by atoms with van der Waals surface area (Å²) in [5.74, 6) is -0.645. The summed E-state index contributed by atoms with van der Waals surface area (Å²) in [5, 5.41) is 7.86. The number of unbranched alkanes of at least 4 members (excludes halogenated alkanes) is 4. The highest BCUT2D eigenvalue weighted by molar-refractivity contribution is 7.80. The van der Waals surface area contributed by atoms with Gasteiger partial charge in [0.15, 0.2) is 0 Å². The van der Waals surface area contributed by atoms with Gasteiger partial charge in [0.2, 0.25) is 5.91 Å². The largest absolute Gasteiger partial charge is 0.444 e. The predicted octanol–water partition coefficient (Wildman–Crippen LogP) is 7.76. The van der Waals surface area contributed by atoms with Crippen molar-refractivity contribution < 1.29 is 19.1 Å². The summed E-state index contributed by atoms with van der Waals surface area (Å²) >= 11 is 4.41. The fourth-order valence-electron chi connectivity index (χ4n) is 5.07. The van der Waals surface area contributed by atoms with Gasteiger partial charge >= 0.3 is 6.09 Å². The first-order valence-corrected chi connectivity index (χ1v) is 15.8. The summed E-state index contributed by atoms with van der Waals surface area (Å²) < 4.78 is 5.43. The molecule has 0 aliphatic heterocycles. The monoisotopic (exact) mass is 605 g/mol. The van der Waals surface area contributed by atoms with Crippen LogP contribution >= 0.6 is 12.6 Å². The molecule has 3 aromatic rings. The maximum atomic E-state index is 14.3. The van der Waals surface area contributed by atoms with E-state index in [4.69, 9.17) is 4.74 Å². The van der Waals surface area contributed by atoms with Gasteiger partial charge in [0.05, 0.1) is 0 Å². The molecule has 0 bridgehead atoms. The van der Waals surface area contributed by atoms with Crippen molar-refractivity contribution in [1.29, 1.82) is 0 Å². The number of rotatable bonds is 13. The number of carbonyl (C=O) groups excluding carboxylic acids is 3. The van der Waals surface area contributed by atoms with Crippen molar-refractivity contribution in [3.05, 3.63) is 77.4 Å². The number of hydrogen-bond donors (Lipinski definition) is 3. The Hall–Kier alpha value is -3.52. The lowest BCUT2D eigenvalue weighted by Crippen LogP contribution is -2.53. The minimum absolute atomic E-state index is 0.0518. The van der Waals surface area contributed by atoms with E-state index in [9.17, 15) is 14.4 Å². The van der Waals surface area contributed by atoms with E-state index in [-0.39, 0.29) is 17.6 Å². The third kappa shape index (κ3) is 10.0. The maximum absolute atomic E-state index is 14.3. The zero-order valence-corrected chi connectivity index (χ0v) is 27.3. The highest BCUT2D eigenvalue weighted by atomic mass is 32.1. The fourth-order valence-corrected chi connectivity index (χ4v) is 5.32. The Morgan fingerprint density at radius 3 is 2.28 bits per heavy atom. The molecule has 0 spiro atoms. The Balaban J connectivity index is 2.02. The normalized spacial score (nSPS) is 12.8. The number of fused-ring (bicyclic) bond motifs is 1. The molecule has 0 radical (unpaired) electrons. The number of amides is 3. The zero-order valence-electron chi connectivity index (χ0n) is 26.4. The molecule has 2 unspecified atom stereocenters. The molecular formula is C35H47N3O4S. The van der Waals surface area contributed by atoms with Gasteiger partial charge in [0.1, 0.15) is 17.7 Å². The minimum atomic E-state index is -0.977. The van der Waals surface area contributed by atoms with Crippen LogP contribution in [0.5, 0.6) is 0 Å². The molecule has 0 aliphatic rings. The lowest BCUT2D eigenvalue weighted by molar-refractivity contribution is -0.140. The average molecular weight is 606 g/mol. The smallest absolute Gasteiger partial charge is 0.408 e. The van der Waals surface area contributed by atoms with Gasteiger partial charge in [0, 0.05) is 18.0 Å². The second kappa shape index (κ2) is 15.8. The molecule has 8 heteroatoms. The summed E-state index contributed by atoms with van der Waals surface area (Å²) in [4.78, 5) is 42.8. The molecule has 0 heterocycles. The molecule has 43 heavy (non-hydrogen) atoms. The third-order valence-corrected chi connectivity index (χ3v) is 7.63. The molecular weight excluding hydrogens is 558 g/mol. The standard InChI is InChI=1S/C35H47N3O4S/c1-7-8-9-10-13-20-38(33(40)30(23-43)37-34(41)42-35(4,5)6)31(29-21-24(2)16-17-25(29)3)32(39)36-28-19-18-26-14-11-12-15-27(26)22-28/h11-12,14-19,21-22,30-31,43H,7-10,13,20,23H2,1-6H3,(H,36,39)(H,37,41). The van der Waals surface area contributed by atoms with Crippen LogP contribution in [-0.2, 0) is 14.3 Å². The Labute approximate surface area is 262 Å². The Kier molecular flexibility index (Phi) is 12.5. The third-order valence-electron chi connectivity index (χ3n) is 7.26. The summed E-state index contributed by atoms with van der Waals surface area (Å²) in [6.45, 7) is 11.7. The second-order valence-electron chi connectivity index (χ2n) is 12.1. The summed E-state index contributed by atoms with van der Waals surface area (Å²) in [6.07, 6.45) is 4.20. The number of thiol groups is 1. The van der Waals surface area contributed by atoms with E-state index in [0.717, 1.165) is 59.6 Å². The molecule has 232 valence electrons. The van der Waals surface area contributed by atoms with E-state index in [0.29, 0.717) is 12.2 Å². The van der Waals surface area contributed by atoms with Crippen molar-refractivity contribution in [2.75, 3.05) is 17.6 Å². The van der Waals surface area contributed by atoms with E-state index in [2.05, 4.69) is 30.2 Å². The molecule has 0 aromatic heterocycles. The van der Waals surface area contributed by atoms with E-state index >= 15 is 0 Å². The number of nitrogens with one attached hydrogen (secondary N) is 2. The van der Waals surface area contributed by atoms with Crippen LogP contribution in [-0.4, -0.2) is 46.7 Å². The summed E-state index contributed by atoms with van der Waals surface area (Å²) in [5.41, 5.74) is 2.55. The Bertz CT molecular complexity index is 1400. The number of carbonyl (C=O) groups is 3. The Morgan fingerprint density at radius 1 is 0.907 bits per heavy atom. The molecule has 3 amide bonds. The van der Waals surface area contributed by atoms with Gasteiger partial charge in [0.25, 0.3) is 5.91 Å². The van der Waals surface area contributed by atoms with E-state index in [1.807, 2.05) is 74.5 Å². The highest BCUT2D eigenvalue weighted by Gasteiger charge is 2.36. The number of nitrogens with zero attached hydrogens (tertiary/aromatic N) is 1. The van der Waals surface area contributed by atoms with Crippen molar-refractivity contribution in [2.45, 2.75) is 91.3 Å². The van der Waals surface area contributed by atoms with Gasteiger partial charge < -0.3 is 20.3 Å². The van der Waals surface area contributed by atoms with Gasteiger partial charge in [-0.2, -0.15) is 12.6 Å². The van der Waals surface area contributed by atoms with Crippen LogP contribution in [0, 0.1) is 13.8 Å². The number of aryl methyl sites for hydroxylation is 2. The van der Waals surface area contributed by atoms with Gasteiger partial charge in [-0.05, 0) is 75.1 Å². The first-order chi connectivity index (χ1) is 20.4. The first-order valence-electron chi connectivity index (χ1n) is 15.2. The van der Waals surface area contributed by atoms with E-state index in [1.165, 1.54) is 0 Å². The molecule has 0 saturated heterocycles. The number of ether oxygens (including phenoxy) is 1. The van der Waals surface area contributed by atoms with Crippen LogP contribution in [0.25, 0.3) is 10.8 Å². The van der Waals surface area contributed by atoms with Gasteiger partial charge in [-0.3, -0.25) is 9.59 Å². The fraction of sp³-hybridized carbons (Fsp3) is 0.457. The van der Waals surface area contributed by atoms with Crippen LogP contribution in [0.2, 0.25) is 0 Å².